The molecule has 0 N–H and O–H groups in total. The third-order valence-corrected chi connectivity index (χ3v) is 5.49. The van der Waals surface area contributed by atoms with Gasteiger partial charge in [-0.3, -0.25) is 4.90 Å². The molecule has 0 atom stereocenters. The van der Waals surface area contributed by atoms with Gasteiger partial charge in [0.25, 0.3) is 0 Å². The summed E-state index contributed by atoms with van der Waals surface area (Å²) in [5, 5.41) is -0.0164. The molecule has 0 spiro atoms. The molecule has 7 heteroatoms. The summed E-state index contributed by atoms with van der Waals surface area (Å²) in [5.74, 6) is 0.132. The normalized spacial score (nSPS) is 16.6. The van der Waals surface area contributed by atoms with E-state index in [1.165, 1.54) is 0 Å². The van der Waals surface area contributed by atoms with Crippen LogP contribution in [0.5, 0.6) is 0 Å². The van der Waals surface area contributed by atoms with Crippen molar-refractivity contribution in [1.29, 1.82) is 0 Å². The number of aryl methyl sites for hydroxylation is 1. The van der Waals surface area contributed by atoms with E-state index in [9.17, 15) is 8.42 Å². The zero-order valence-corrected chi connectivity index (χ0v) is 14.9. The summed E-state index contributed by atoms with van der Waals surface area (Å²) in [6.07, 6.45) is 3.76. The van der Waals surface area contributed by atoms with Gasteiger partial charge in [-0.1, -0.05) is 26.2 Å². The lowest BCUT2D eigenvalue weighted by molar-refractivity contribution is 0.0335. The Morgan fingerprint density at radius 1 is 1.17 bits per heavy atom. The second-order valence-corrected chi connectivity index (χ2v) is 8.05. The molecule has 1 fully saturated rings. The highest BCUT2D eigenvalue weighted by Gasteiger charge is 2.20. The van der Waals surface area contributed by atoms with Gasteiger partial charge < -0.3 is 4.74 Å². The molecular formula is C16H27N3O3S. The molecule has 0 bridgehead atoms. The summed E-state index contributed by atoms with van der Waals surface area (Å²) in [6.45, 7) is 7.70. The number of rotatable bonds is 8. The quantitative estimate of drug-likeness (QED) is 0.532. The van der Waals surface area contributed by atoms with Crippen LogP contribution >= 0.6 is 0 Å². The van der Waals surface area contributed by atoms with E-state index < -0.39 is 9.84 Å². The van der Waals surface area contributed by atoms with Crippen molar-refractivity contribution < 1.29 is 13.2 Å². The van der Waals surface area contributed by atoms with Gasteiger partial charge in [0, 0.05) is 25.3 Å². The Bertz CT molecular complexity index is 599. The Balaban J connectivity index is 2.06. The van der Waals surface area contributed by atoms with Gasteiger partial charge >= 0.3 is 0 Å². The molecule has 0 unspecified atom stereocenters. The van der Waals surface area contributed by atoms with Crippen LogP contribution in [0.3, 0.4) is 0 Å². The van der Waals surface area contributed by atoms with Gasteiger partial charge in [-0.05, 0) is 19.4 Å². The molecule has 1 aliphatic heterocycles. The van der Waals surface area contributed by atoms with Gasteiger partial charge in [0.2, 0.25) is 15.0 Å². The van der Waals surface area contributed by atoms with Gasteiger partial charge in [-0.25, -0.2) is 18.4 Å². The first kappa shape index (κ1) is 18.3. The maximum atomic E-state index is 12.4. The molecule has 0 aromatic carbocycles. The second-order valence-electron chi connectivity index (χ2n) is 6.05. The van der Waals surface area contributed by atoms with Crippen LogP contribution in [0.2, 0.25) is 0 Å². The van der Waals surface area contributed by atoms with Crippen molar-refractivity contribution in [2.24, 2.45) is 0 Å². The maximum Gasteiger partial charge on any atom is 0.247 e. The topological polar surface area (TPSA) is 72.4 Å². The van der Waals surface area contributed by atoms with Crippen molar-refractivity contribution in [1.82, 2.24) is 14.9 Å². The molecule has 0 saturated carbocycles. The molecule has 6 nitrogen and oxygen atoms in total. The molecule has 0 amide bonds. The molecule has 0 radical (unpaired) electrons. The fourth-order valence-corrected chi connectivity index (χ4v) is 3.93. The third kappa shape index (κ3) is 5.82. The van der Waals surface area contributed by atoms with Gasteiger partial charge in [-0.2, -0.15) is 0 Å². The Labute approximate surface area is 139 Å². The molecule has 2 heterocycles. The number of hydrogen-bond donors (Lipinski definition) is 0. The van der Waals surface area contributed by atoms with Crippen LogP contribution in [0.15, 0.2) is 11.2 Å². The van der Waals surface area contributed by atoms with Crippen molar-refractivity contribution >= 4 is 9.84 Å². The number of aromatic nitrogens is 2. The zero-order valence-electron chi connectivity index (χ0n) is 14.1. The first-order valence-electron chi connectivity index (χ1n) is 8.38. The van der Waals surface area contributed by atoms with E-state index in [4.69, 9.17) is 4.74 Å². The summed E-state index contributed by atoms with van der Waals surface area (Å²) in [6, 6.07) is 1.87. The Kier molecular flexibility index (Phi) is 6.92. The summed E-state index contributed by atoms with van der Waals surface area (Å²) in [7, 11) is -3.39. The second kappa shape index (κ2) is 8.70. The molecule has 0 aliphatic carbocycles. The summed E-state index contributed by atoms with van der Waals surface area (Å²) >= 11 is 0. The largest absolute Gasteiger partial charge is 0.379 e. The molecule has 130 valence electrons. The predicted octanol–water partition coefficient (Wildman–Crippen LogP) is 1.97. The SMILES string of the molecule is CCCCCCS(=O)(=O)c1nc(C)cc(CN2CCOCC2)n1. The van der Waals surface area contributed by atoms with Crippen molar-refractivity contribution in [3.63, 3.8) is 0 Å². The zero-order chi connectivity index (χ0) is 16.7. The van der Waals surface area contributed by atoms with Crippen LogP contribution in [0.1, 0.15) is 44.0 Å². The monoisotopic (exact) mass is 341 g/mol. The fourth-order valence-electron chi connectivity index (χ4n) is 2.62. The predicted molar refractivity (Wildman–Crippen MR) is 89.1 cm³/mol. The molecular weight excluding hydrogens is 314 g/mol. The maximum absolute atomic E-state index is 12.4. The smallest absolute Gasteiger partial charge is 0.247 e. The number of ether oxygens (including phenoxy) is 1. The molecule has 1 aliphatic rings. The Hall–Kier alpha value is -1.05. The average Bonchev–Trinajstić information content (AvgIpc) is 2.52. The minimum Gasteiger partial charge on any atom is -0.379 e. The van der Waals surface area contributed by atoms with E-state index in [1.54, 1.807) is 0 Å². The molecule has 1 aromatic heterocycles. The average molecular weight is 341 g/mol. The highest BCUT2D eigenvalue weighted by molar-refractivity contribution is 7.91. The van der Waals surface area contributed by atoms with E-state index in [-0.39, 0.29) is 10.9 Å². The first-order valence-corrected chi connectivity index (χ1v) is 10.0. The van der Waals surface area contributed by atoms with Crippen molar-refractivity contribution in [2.45, 2.75) is 51.2 Å². The molecule has 2 rings (SSSR count). The highest BCUT2D eigenvalue weighted by Crippen LogP contribution is 2.13. The first-order chi connectivity index (χ1) is 11.0. The minimum atomic E-state index is -3.39. The number of morpholine rings is 1. The van der Waals surface area contributed by atoms with Gasteiger partial charge in [-0.15, -0.1) is 0 Å². The summed E-state index contributed by atoms with van der Waals surface area (Å²) in [5.41, 5.74) is 1.47. The lowest BCUT2D eigenvalue weighted by atomic mass is 10.2. The van der Waals surface area contributed by atoms with Crippen molar-refractivity contribution in [3.05, 3.63) is 17.5 Å². The van der Waals surface area contributed by atoms with Crippen molar-refractivity contribution in [3.8, 4) is 0 Å². The van der Waals surface area contributed by atoms with E-state index >= 15 is 0 Å². The lowest BCUT2D eigenvalue weighted by Gasteiger charge is -2.26. The van der Waals surface area contributed by atoms with E-state index in [0.29, 0.717) is 31.9 Å². The van der Waals surface area contributed by atoms with Crippen LogP contribution in [-0.2, 0) is 21.1 Å². The van der Waals surface area contributed by atoms with E-state index in [0.717, 1.165) is 38.0 Å². The lowest BCUT2D eigenvalue weighted by Crippen LogP contribution is -2.36. The van der Waals surface area contributed by atoms with E-state index in [1.807, 2.05) is 13.0 Å². The molecule has 1 saturated heterocycles. The third-order valence-electron chi connectivity index (χ3n) is 3.92. The standard InChI is InChI=1S/C16H27N3O3S/c1-3-4-5-6-11-23(20,21)16-17-14(2)12-15(18-16)13-19-7-9-22-10-8-19/h12H,3-11,13H2,1-2H3. The van der Waals surface area contributed by atoms with E-state index in [2.05, 4.69) is 21.8 Å². The van der Waals surface area contributed by atoms with Gasteiger partial charge in [0.05, 0.1) is 24.7 Å². The highest BCUT2D eigenvalue weighted by atomic mass is 32.2. The van der Waals surface area contributed by atoms with Crippen LogP contribution in [0.25, 0.3) is 0 Å². The minimum absolute atomic E-state index is 0.0164. The van der Waals surface area contributed by atoms with Crippen LogP contribution < -0.4 is 0 Å². The Morgan fingerprint density at radius 2 is 1.91 bits per heavy atom. The van der Waals surface area contributed by atoms with Gasteiger partial charge in [0.1, 0.15) is 0 Å². The summed E-state index contributed by atoms with van der Waals surface area (Å²) < 4.78 is 30.2. The fraction of sp³-hybridized carbons (Fsp3) is 0.750. The number of nitrogens with zero attached hydrogens (tertiary/aromatic N) is 3. The number of unbranched alkanes of at least 4 members (excludes halogenated alkanes) is 3. The van der Waals surface area contributed by atoms with Crippen LogP contribution in [0.4, 0.5) is 0 Å². The number of hydrogen-bond acceptors (Lipinski definition) is 6. The Morgan fingerprint density at radius 3 is 2.61 bits per heavy atom. The van der Waals surface area contributed by atoms with Crippen LogP contribution in [0, 0.1) is 6.92 Å². The molecule has 1 aromatic rings. The van der Waals surface area contributed by atoms with Crippen molar-refractivity contribution in [2.75, 3.05) is 32.1 Å². The number of sulfone groups is 1. The summed E-state index contributed by atoms with van der Waals surface area (Å²) in [4.78, 5) is 10.7. The molecule has 23 heavy (non-hydrogen) atoms. The van der Waals surface area contributed by atoms with Crippen LogP contribution in [-0.4, -0.2) is 55.3 Å². The van der Waals surface area contributed by atoms with Gasteiger partial charge in [0.15, 0.2) is 0 Å².